The Kier molecular flexibility index (Phi) is 6.09. The van der Waals surface area contributed by atoms with Gasteiger partial charge in [0.1, 0.15) is 17.6 Å². The summed E-state index contributed by atoms with van der Waals surface area (Å²) in [4.78, 5) is 31.6. The summed E-state index contributed by atoms with van der Waals surface area (Å²) in [5.41, 5.74) is 9.09. The number of benzene rings is 2. The van der Waals surface area contributed by atoms with Crippen molar-refractivity contribution < 1.29 is 4.79 Å². The summed E-state index contributed by atoms with van der Waals surface area (Å²) in [5, 5.41) is 12.7. The standard InChI is InChI=1S/C30H24N8O2/c1-19(33-29(39)27-24-13-15-32-18-37(24)35-28(27)31)25-17-21-8-6-7-20(11-12-22-14-16-36(2)34-22)26(21)30(40)38(25)23-9-4-3-5-10-23/h3-10,13-19H,1-2H3,(H2,31,35)(H,33,39)/t19-/m0/s1. The van der Waals surface area contributed by atoms with Crippen LogP contribution in [0.4, 0.5) is 5.82 Å². The zero-order valence-corrected chi connectivity index (χ0v) is 21.7. The molecule has 3 N–H and O–H groups in total. The Morgan fingerprint density at radius 3 is 2.62 bits per heavy atom. The highest BCUT2D eigenvalue weighted by Crippen LogP contribution is 2.24. The number of amides is 1. The minimum atomic E-state index is -0.566. The van der Waals surface area contributed by atoms with Gasteiger partial charge in [0.15, 0.2) is 5.82 Å². The maximum Gasteiger partial charge on any atom is 0.264 e. The zero-order valence-electron chi connectivity index (χ0n) is 21.7. The average molecular weight is 529 g/mol. The van der Waals surface area contributed by atoms with Gasteiger partial charge in [-0.1, -0.05) is 36.3 Å². The van der Waals surface area contributed by atoms with Crippen LogP contribution in [0.2, 0.25) is 0 Å². The molecule has 196 valence electrons. The number of carbonyl (C=O) groups is 1. The number of pyridine rings is 1. The summed E-state index contributed by atoms with van der Waals surface area (Å²) in [6.07, 6.45) is 4.87. The number of hydrogen-bond donors (Lipinski definition) is 2. The van der Waals surface area contributed by atoms with Gasteiger partial charge in [0.25, 0.3) is 11.5 Å². The summed E-state index contributed by atoms with van der Waals surface area (Å²) in [6.45, 7) is 1.83. The van der Waals surface area contributed by atoms with E-state index in [4.69, 9.17) is 5.73 Å². The smallest absolute Gasteiger partial charge is 0.264 e. The van der Waals surface area contributed by atoms with Crippen LogP contribution in [0.25, 0.3) is 22.0 Å². The lowest BCUT2D eigenvalue weighted by Gasteiger charge is -2.21. The van der Waals surface area contributed by atoms with Crippen LogP contribution in [0.3, 0.4) is 0 Å². The molecule has 0 aliphatic rings. The fourth-order valence-corrected chi connectivity index (χ4v) is 4.77. The summed E-state index contributed by atoms with van der Waals surface area (Å²) < 4.78 is 4.75. The monoisotopic (exact) mass is 528 g/mol. The Morgan fingerprint density at radius 2 is 1.85 bits per heavy atom. The number of aromatic nitrogens is 6. The van der Waals surface area contributed by atoms with Crippen LogP contribution in [0.5, 0.6) is 0 Å². The predicted octanol–water partition coefficient (Wildman–Crippen LogP) is 3.24. The van der Waals surface area contributed by atoms with Crippen LogP contribution in [-0.2, 0) is 7.05 Å². The van der Waals surface area contributed by atoms with E-state index in [1.807, 2.05) is 80.8 Å². The average Bonchev–Trinajstić information content (AvgIpc) is 3.53. The lowest BCUT2D eigenvalue weighted by Crippen LogP contribution is -2.32. The van der Waals surface area contributed by atoms with Crippen molar-refractivity contribution in [3.63, 3.8) is 0 Å². The molecular weight excluding hydrogens is 504 g/mol. The van der Waals surface area contributed by atoms with Gasteiger partial charge in [0.2, 0.25) is 0 Å². The van der Waals surface area contributed by atoms with Gasteiger partial charge in [-0.25, -0.2) is 9.50 Å². The molecule has 0 bridgehead atoms. The molecule has 1 atom stereocenters. The summed E-state index contributed by atoms with van der Waals surface area (Å²) in [7, 11) is 1.82. The normalized spacial score (nSPS) is 11.8. The van der Waals surface area contributed by atoms with Crippen molar-refractivity contribution in [3.8, 4) is 17.5 Å². The fourth-order valence-electron chi connectivity index (χ4n) is 4.77. The highest BCUT2D eigenvalue weighted by atomic mass is 16.2. The highest BCUT2D eigenvalue weighted by Gasteiger charge is 2.23. The van der Waals surface area contributed by atoms with Crippen molar-refractivity contribution in [2.24, 2.45) is 7.05 Å². The Bertz CT molecular complexity index is 2030. The molecule has 4 aromatic heterocycles. The summed E-state index contributed by atoms with van der Waals surface area (Å²) in [5.74, 6) is 5.85. The summed E-state index contributed by atoms with van der Waals surface area (Å²) >= 11 is 0. The van der Waals surface area contributed by atoms with E-state index in [2.05, 4.69) is 32.3 Å². The zero-order chi connectivity index (χ0) is 27.8. The van der Waals surface area contributed by atoms with E-state index in [1.54, 1.807) is 21.5 Å². The number of para-hydroxylation sites is 1. The molecule has 0 radical (unpaired) electrons. The molecule has 6 rings (SSSR count). The number of fused-ring (bicyclic) bond motifs is 2. The van der Waals surface area contributed by atoms with Gasteiger partial charge in [-0.3, -0.25) is 18.8 Å². The number of nitrogens with two attached hydrogens (primary N) is 1. The second-order valence-electron chi connectivity index (χ2n) is 9.31. The Labute approximate surface area is 228 Å². The van der Waals surface area contributed by atoms with Gasteiger partial charge in [0.05, 0.1) is 16.9 Å². The first-order chi connectivity index (χ1) is 19.4. The quantitative estimate of drug-likeness (QED) is 0.339. The minimum absolute atomic E-state index is 0.0905. The molecule has 10 heteroatoms. The third-order valence-corrected chi connectivity index (χ3v) is 6.62. The molecule has 0 aliphatic heterocycles. The maximum absolute atomic E-state index is 14.2. The van der Waals surface area contributed by atoms with Gasteiger partial charge in [-0.2, -0.15) is 5.10 Å². The first kappa shape index (κ1) is 24.6. The van der Waals surface area contributed by atoms with Crippen LogP contribution in [0.1, 0.15) is 40.3 Å². The number of nitrogens with zero attached hydrogens (tertiary/aromatic N) is 6. The van der Waals surface area contributed by atoms with E-state index < -0.39 is 11.9 Å². The first-order valence-electron chi connectivity index (χ1n) is 12.5. The van der Waals surface area contributed by atoms with Crippen molar-refractivity contribution in [1.29, 1.82) is 0 Å². The molecule has 10 nitrogen and oxygen atoms in total. The van der Waals surface area contributed by atoms with E-state index in [9.17, 15) is 9.59 Å². The molecular formula is C30H24N8O2. The lowest BCUT2D eigenvalue weighted by molar-refractivity contribution is 0.0941. The van der Waals surface area contributed by atoms with Crippen LogP contribution in [0.15, 0.2) is 90.2 Å². The van der Waals surface area contributed by atoms with E-state index in [0.29, 0.717) is 38.9 Å². The Balaban J connectivity index is 1.48. The molecule has 0 unspecified atom stereocenters. The molecule has 2 aromatic carbocycles. The van der Waals surface area contributed by atoms with E-state index in [-0.39, 0.29) is 16.9 Å². The molecule has 40 heavy (non-hydrogen) atoms. The van der Waals surface area contributed by atoms with Gasteiger partial charge < -0.3 is 11.1 Å². The fraction of sp³-hybridized carbons (Fsp3) is 0.100. The second-order valence-corrected chi connectivity index (χ2v) is 9.31. The Hall–Kier alpha value is -5.69. The molecule has 0 saturated carbocycles. The number of anilines is 1. The molecule has 6 aromatic rings. The third-order valence-electron chi connectivity index (χ3n) is 6.62. The van der Waals surface area contributed by atoms with Gasteiger partial charge in [-0.05, 0) is 54.6 Å². The van der Waals surface area contributed by atoms with Crippen molar-refractivity contribution in [1.82, 2.24) is 34.3 Å². The van der Waals surface area contributed by atoms with Crippen LogP contribution < -0.4 is 16.6 Å². The largest absolute Gasteiger partial charge is 0.382 e. The van der Waals surface area contributed by atoms with Crippen LogP contribution >= 0.6 is 0 Å². The first-order valence-corrected chi connectivity index (χ1v) is 12.5. The number of nitrogen functional groups attached to an aromatic ring is 1. The number of rotatable bonds is 4. The molecule has 4 heterocycles. The van der Waals surface area contributed by atoms with Crippen LogP contribution in [-0.4, -0.2) is 34.9 Å². The second kappa shape index (κ2) is 9.89. The number of nitrogens with one attached hydrogen (secondary N) is 1. The number of carbonyl (C=O) groups excluding carboxylic acids is 1. The van der Waals surface area contributed by atoms with Crippen molar-refractivity contribution in [2.75, 3.05) is 5.73 Å². The van der Waals surface area contributed by atoms with Crippen LogP contribution in [0, 0.1) is 11.8 Å². The van der Waals surface area contributed by atoms with Crippen molar-refractivity contribution in [2.45, 2.75) is 13.0 Å². The van der Waals surface area contributed by atoms with E-state index >= 15 is 0 Å². The molecule has 1 amide bonds. The molecule has 0 saturated heterocycles. The third kappa shape index (κ3) is 4.35. The Morgan fingerprint density at radius 1 is 1.02 bits per heavy atom. The van der Waals surface area contributed by atoms with Crippen molar-refractivity contribution in [3.05, 3.63) is 118 Å². The van der Waals surface area contributed by atoms with Gasteiger partial charge in [-0.15, -0.1) is 5.10 Å². The SMILES string of the molecule is C[C@H](NC(=O)c1c(N)nn2cnccc12)c1cc2cccc(C#Cc3ccn(C)n3)c2c(=O)n1-c1ccccc1. The minimum Gasteiger partial charge on any atom is -0.382 e. The van der Waals surface area contributed by atoms with E-state index in [0.717, 1.165) is 0 Å². The topological polar surface area (TPSA) is 125 Å². The maximum atomic E-state index is 14.2. The summed E-state index contributed by atoms with van der Waals surface area (Å²) in [6, 6.07) is 19.7. The number of hydrogen-bond acceptors (Lipinski definition) is 6. The predicted molar refractivity (Wildman–Crippen MR) is 152 cm³/mol. The van der Waals surface area contributed by atoms with Gasteiger partial charge in [0, 0.05) is 36.4 Å². The molecule has 0 fully saturated rings. The lowest BCUT2D eigenvalue weighted by atomic mass is 10.0. The molecule has 0 aliphatic carbocycles. The van der Waals surface area contributed by atoms with E-state index in [1.165, 1.54) is 10.8 Å². The highest BCUT2D eigenvalue weighted by molar-refractivity contribution is 6.05. The van der Waals surface area contributed by atoms with Crippen molar-refractivity contribution >= 4 is 28.0 Å². The number of aryl methyl sites for hydroxylation is 1. The molecule has 0 spiro atoms. The van der Waals surface area contributed by atoms with Gasteiger partial charge >= 0.3 is 0 Å².